The minimum Gasteiger partial charge on any atom is -0.362 e. The van der Waals surface area contributed by atoms with Crippen molar-refractivity contribution < 1.29 is 0 Å². The maximum Gasteiger partial charge on any atom is 0.157 e. The first-order valence-corrected chi connectivity index (χ1v) is 7.22. The quantitative estimate of drug-likeness (QED) is 0.794. The molecule has 2 saturated carbocycles. The summed E-state index contributed by atoms with van der Waals surface area (Å²) in [6.07, 6.45) is 7.04. The van der Waals surface area contributed by atoms with Crippen LogP contribution in [0.15, 0.2) is 4.99 Å². The third-order valence-corrected chi connectivity index (χ3v) is 5.01. The van der Waals surface area contributed by atoms with Crippen molar-refractivity contribution in [3.05, 3.63) is 0 Å². The molecule has 84 valence electrons. The summed E-state index contributed by atoms with van der Waals surface area (Å²) in [5, 5.41) is 5.70. The van der Waals surface area contributed by atoms with E-state index in [1.165, 1.54) is 37.3 Å². The summed E-state index contributed by atoms with van der Waals surface area (Å²) in [5.41, 5.74) is 0. The summed E-state index contributed by atoms with van der Waals surface area (Å²) in [6.45, 7) is 3.29. The van der Waals surface area contributed by atoms with Crippen LogP contribution in [0.5, 0.6) is 0 Å². The SMILES string of the molecule is CCC1CN=C(NC(C2CC2)C2CC2)S1. The molecule has 2 fully saturated rings. The third-order valence-electron chi connectivity index (χ3n) is 3.72. The molecule has 1 unspecified atom stereocenters. The van der Waals surface area contributed by atoms with Gasteiger partial charge in [-0.2, -0.15) is 0 Å². The maximum atomic E-state index is 4.62. The molecule has 0 bridgehead atoms. The first kappa shape index (κ1) is 10.0. The summed E-state index contributed by atoms with van der Waals surface area (Å²) < 4.78 is 0. The molecule has 1 aliphatic heterocycles. The molecule has 1 heterocycles. The van der Waals surface area contributed by atoms with Gasteiger partial charge in [0.1, 0.15) is 0 Å². The predicted molar refractivity (Wildman–Crippen MR) is 66.3 cm³/mol. The van der Waals surface area contributed by atoms with Crippen molar-refractivity contribution in [3.8, 4) is 0 Å². The average Bonchev–Trinajstić information content (AvgIpc) is 3.14. The van der Waals surface area contributed by atoms with E-state index in [1.807, 2.05) is 11.8 Å². The van der Waals surface area contributed by atoms with E-state index in [9.17, 15) is 0 Å². The topological polar surface area (TPSA) is 24.4 Å². The van der Waals surface area contributed by atoms with Crippen LogP contribution in [0.3, 0.4) is 0 Å². The average molecular weight is 224 g/mol. The van der Waals surface area contributed by atoms with E-state index in [2.05, 4.69) is 17.2 Å². The zero-order valence-corrected chi connectivity index (χ0v) is 10.2. The molecule has 3 rings (SSSR count). The van der Waals surface area contributed by atoms with Crippen LogP contribution in [-0.2, 0) is 0 Å². The van der Waals surface area contributed by atoms with Gasteiger partial charge in [0.05, 0.1) is 6.54 Å². The molecule has 0 amide bonds. The van der Waals surface area contributed by atoms with Gasteiger partial charge in [0, 0.05) is 11.3 Å². The van der Waals surface area contributed by atoms with E-state index in [4.69, 9.17) is 0 Å². The molecule has 0 aromatic heterocycles. The zero-order valence-electron chi connectivity index (χ0n) is 9.41. The third kappa shape index (κ3) is 2.32. The van der Waals surface area contributed by atoms with Gasteiger partial charge in [-0.25, -0.2) is 0 Å². The van der Waals surface area contributed by atoms with Crippen molar-refractivity contribution in [2.75, 3.05) is 6.54 Å². The van der Waals surface area contributed by atoms with Crippen LogP contribution in [-0.4, -0.2) is 23.0 Å². The number of aliphatic imine (C=N–C) groups is 1. The lowest BCUT2D eigenvalue weighted by Crippen LogP contribution is -2.36. The number of hydrogen-bond donors (Lipinski definition) is 1. The summed E-state index contributed by atoms with van der Waals surface area (Å²) >= 11 is 1.97. The number of hydrogen-bond acceptors (Lipinski definition) is 3. The summed E-state index contributed by atoms with van der Waals surface area (Å²) in [6, 6.07) is 0.770. The molecule has 1 atom stereocenters. The molecule has 1 N–H and O–H groups in total. The Morgan fingerprint density at radius 2 is 2.00 bits per heavy atom. The van der Waals surface area contributed by atoms with Gasteiger partial charge in [0.15, 0.2) is 5.17 Å². The molecule has 0 saturated heterocycles. The van der Waals surface area contributed by atoms with Gasteiger partial charge in [-0.3, -0.25) is 4.99 Å². The summed E-state index contributed by atoms with van der Waals surface area (Å²) in [4.78, 5) is 4.62. The van der Waals surface area contributed by atoms with Crippen LogP contribution in [0, 0.1) is 11.8 Å². The van der Waals surface area contributed by atoms with Crippen molar-refractivity contribution in [2.24, 2.45) is 16.8 Å². The number of nitrogens with one attached hydrogen (secondary N) is 1. The Morgan fingerprint density at radius 3 is 2.47 bits per heavy atom. The molecular formula is C12H20N2S. The highest BCUT2D eigenvalue weighted by Gasteiger charge is 2.42. The van der Waals surface area contributed by atoms with Gasteiger partial charge in [-0.15, -0.1) is 0 Å². The highest BCUT2D eigenvalue weighted by atomic mass is 32.2. The first-order valence-electron chi connectivity index (χ1n) is 6.34. The fourth-order valence-corrected chi connectivity index (χ4v) is 3.37. The van der Waals surface area contributed by atoms with Crippen LogP contribution in [0.25, 0.3) is 0 Å². The van der Waals surface area contributed by atoms with Gasteiger partial charge >= 0.3 is 0 Å². The van der Waals surface area contributed by atoms with Crippen LogP contribution >= 0.6 is 11.8 Å². The van der Waals surface area contributed by atoms with Gasteiger partial charge < -0.3 is 5.32 Å². The number of rotatable bonds is 4. The van der Waals surface area contributed by atoms with Crippen molar-refractivity contribution in [2.45, 2.75) is 50.3 Å². The Hall–Kier alpha value is -0.180. The Labute approximate surface area is 96.3 Å². The van der Waals surface area contributed by atoms with Gasteiger partial charge in [-0.05, 0) is 43.9 Å². The second kappa shape index (κ2) is 4.00. The number of thioether (sulfide) groups is 1. The van der Waals surface area contributed by atoms with Crippen molar-refractivity contribution in [1.82, 2.24) is 5.32 Å². The van der Waals surface area contributed by atoms with Gasteiger partial charge in [-0.1, -0.05) is 18.7 Å². The van der Waals surface area contributed by atoms with E-state index in [0.29, 0.717) is 0 Å². The molecule has 0 radical (unpaired) electrons. The number of nitrogens with zero attached hydrogens (tertiary/aromatic N) is 1. The lowest BCUT2D eigenvalue weighted by atomic mass is 10.1. The van der Waals surface area contributed by atoms with Crippen LogP contribution in [0.1, 0.15) is 39.0 Å². The molecule has 0 spiro atoms. The first-order chi connectivity index (χ1) is 7.36. The summed E-state index contributed by atoms with van der Waals surface area (Å²) in [5.74, 6) is 1.95. The fourth-order valence-electron chi connectivity index (χ4n) is 2.38. The van der Waals surface area contributed by atoms with Crippen molar-refractivity contribution in [3.63, 3.8) is 0 Å². The number of amidine groups is 1. The van der Waals surface area contributed by atoms with Gasteiger partial charge in [0.2, 0.25) is 0 Å². The molecule has 3 aliphatic rings. The molecular weight excluding hydrogens is 204 g/mol. The van der Waals surface area contributed by atoms with Crippen LogP contribution in [0.4, 0.5) is 0 Å². The van der Waals surface area contributed by atoms with Gasteiger partial charge in [0.25, 0.3) is 0 Å². The smallest absolute Gasteiger partial charge is 0.157 e. The molecule has 15 heavy (non-hydrogen) atoms. The lowest BCUT2D eigenvalue weighted by Gasteiger charge is -2.18. The monoisotopic (exact) mass is 224 g/mol. The second-order valence-corrected chi connectivity index (χ2v) is 6.43. The minimum atomic E-state index is 0.742. The molecule has 2 aliphatic carbocycles. The fraction of sp³-hybridized carbons (Fsp3) is 0.917. The predicted octanol–water partition coefficient (Wildman–Crippen LogP) is 2.65. The van der Waals surface area contributed by atoms with E-state index in [-0.39, 0.29) is 0 Å². The Bertz CT molecular complexity index is 257. The van der Waals surface area contributed by atoms with Crippen molar-refractivity contribution >= 4 is 16.9 Å². The zero-order chi connectivity index (χ0) is 10.3. The normalized spacial score (nSPS) is 30.8. The maximum absolute atomic E-state index is 4.62. The lowest BCUT2D eigenvalue weighted by molar-refractivity contribution is 0.485. The van der Waals surface area contributed by atoms with Crippen LogP contribution in [0.2, 0.25) is 0 Å². The highest BCUT2D eigenvalue weighted by Crippen LogP contribution is 2.45. The Balaban J connectivity index is 1.54. The molecule has 2 nitrogen and oxygen atoms in total. The molecule has 0 aromatic rings. The van der Waals surface area contributed by atoms with E-state index in [0.717, 1.165) is 29.7 Å². The second-order valence-electron chi connectivity index (χ2n) is 5.14. The standard InChI is InChI=1S/C12H20N2S/c1-2-10-7-13-12(15-10)14-11(8-3-4-8)9-5-6-9/h8-11H,2-7H2,1H3,(H,13,14). The largest absolute Gasteiger partial charge is 0.362 e. The Kier molecular flexibility index (Phi) is 2.67. The molecule has 3 heteroatoms. The minimum absolute atomic E-state index is 0.742. The van der Waals surface area contributed by atoms with E-state index in [1.54, 1.807) is 0 Å². The van der Waals surface area contributed by atoms with E-state index < -0.39 is 0 Å². The highest BCUT2D eigenvalue weighted by molar-refractivity contribution is 8.14. The Morgan fingerprint density at radius 1 is 1.33 bits per heavy atom. The summed E-state index contributed by atoms with van der Waals surface area (Å²) in [7, 11) is 0. The van der Waals surface area contributed by atoms with E-state index >= 15 is 0 Å². The molecule has 0 aromatic carbocycles. The van der Waals surface area contributed by atoms with Crippen molar-refractivity contribution in [1.29, 1.82) is 0 Å². The van der Waals surface area contributed by atoms with Crippen LogP contribution < -0.4 is 5.32 Å².